The van der Waals surface area contributed by atoms with E-state index in [4.69, 9.17) is 4.74 Å². The van der Waals surface area contributed by atoms with Crippen molar-refractivity contribution in [3.8, 4) is 5.75 Å². The average Bonchev–Trinajstić information content (AvgIpc) is 2.46. The Bertz CT molecular complexity index is 459. The van der Waals surface area contributed by atoms with Crippen molar-refractivity contribution in [2.75, 3.05) is 32.1 Å². The Morgan fingerprint density at radius 3 is 2.95 bits per heavy atom. The number of amides is 1. The molecule has 0 bridgehead atoms. The van der Waals surface area contributed by atoms with Gasteiger partial charge in [-0.25, -0.2) is 0 Å². The summed E-state index contributed by atoms with van der Waals surface area (Å²) in [6, 6.07) is 5.68. The number of ether oxygens (including phenoxy) is 1. The molecule has 1 atom stereocenters. The molecular formula is C14H19BrN2O2. The molecule has 1 aromatic carbocycles. The number of carbonyl (C=O) groups is 1. The van der Waals surface area contributed by atoms with E-state index in [0.29, 0.717) is 5.75 Å². The van der Waals surface area contributed by atoms with Crippen LogP contribution in [0, 0.1) is 5.92 Å². The monoisotopic (exact) mass is 326 g/mol. The lowest BCUT2D eigenvalue weighted by Crippen LogP contribution is -2.41. The van der Waals surface area contributed by atoms with Crippen molar-refractivity contribution in [2.45, 2.75) is 12.8 Å². The molecule has 0 radical (unpaired) electrons. The molecule has 1 unspecified atom stereocenters. The first-order valence-electron chi connectivity index (χ1n) is 6.45. The number of benzene rings is 1. The number of hydrogen-bond donors (Lipinski definition) is 1. The molecule has 1 saturated heterocycles. The maximum absolute atomic E-state index is 12.5. The third-order valence-electron chi connectivity index (χ3n) is 3.48. The second kappa shape index (κ2) is 6.39. The first kappa shape index (κ1) is 14.3. The lowest BCUT2D eigenvalue weighted by atomic mass is 9.98. The normalized spacial score (nSPS) is 19.0. The molecule has 2 rings (SSSR count). The summed E-state index contributed by atoms with van der Waals surface area (Å²) < 4.78 is 6.26. The Morgan fingerprint density at radius 1 is 1.53 bits per heavy atom. The van der Waals surface area contributed by atoms with Crippen LogP contribution in [0.1, 0.15) is 12.8 Å². The summed E-state index contributed by atoms with van der Waals surface area (Å²) in [6.07, 6.45) is 2.01. The number of rotatable bonds is 3. The van der Waals surface area contributed by atoms with Crippen LogP contribution >= 0.6 is 15.9 Å². The fourth-order valence-electron chi connectivity index (χ4n) is 2.38. The number of anilines is 1. The molecule has 1 fully saturated rings. The number of methoxy groups -OCH3 is 1. The Labute approximate surface area is 122 Å². The smallest absolute Gasteiger partial charge is 0.231 e. The Hall–Kier alpha value is -1.07. The van der Waals surface area contributed by atoms with Crippen LogP contribution in [0.4, 0.5) is 5.69 Å². The zero-order valence-electron chi connectivity index (χ0n) is 11.3. The van der Waals surface area contributed by atoms with Crippen LogP contribution in [0.25, 0.3) is 0 Å². The molecule has 0 aliphatic carbocycles. The fraction of sp³-hybridized carbons (Fsp3) is 0.500. The van der Waals surface area contributed by atoms with E-state index in [-0.39, 0.29) is 11.8 Å². The van der Waals surface area contributed by atoms with Gasteiger partial charge in [-0.2, -0.15) is 0 Å². The third-order valence-corrected chi connectivity index (χ3v) is 3.97. The second-order valence-corrected chi connectivity index (χ2v) is 5.67. The highest BCUT2D eigenvalue weighted by atomic mass is 79.9. The number of hydrogen-bond acceptors (Lipinski definition) is 3. The van der Waals surface area contributed by atoms with Crippen molar-refractivity contribution < 1.29 is 9.53 Å². The molecule has 1 amide bonds. The SMILES string of the molecule is COc1ccc(Br)cc1N(C)C(=O)C1CCCNC1. The molecule has 0 aromatic heterocycles. The second-order valence-electron chi connectivity index (χ2n) is 4.76. The minimum absolute atomic E-state index is 0.0578. The first-order chi connectivity index (χ1) is 9.13. The van der Waals surface area contributed by atoms with Gasteiger partial charge < -0.3 is 15.0 Å². The van der Waals surface area contributed by atoms with E-state index in [1.165, 1.54) is 0 Å². The van der Waals surface area contributed by atoms with Gasteiger partial charge in [-0.1, -0.05) is 15.9 Å². The molecule has 1 heterocycles. The summed E-state index contributed by atoms with van der Waals surface area (Å²) in [4.78, 5) is 14.2. The number of nitrogens with zero attached hydrogens (tertiary/aromatic N) is 1. The van der Waals surface area contributed by atoms with Gasteiger partial charge in [0.15, 0.2) is 0 Å². The quantitative estimate of drug-likeness (QED) is 0.927. The average molecular weight is 327 g/mol. The fourth-order valence-corrected chi connectivity index (χ4v) is 2.73. The van der Waals surface area contributed by atoms with E-state index in [2.05, 4.69) is 21.2 Å². The number of halogens is 1. The van der Waals surface area contributed by atoms with E-state index in [0.717, 1.165) is 36.1 Å². The summed E-state index contributed by atoms with van der Waals surface area (Å²) in [5, 5.41) is 3.27. The van der Waals surface area contributed by atoms with Crippen molar-refractivity contribution in [2.24, 2.45) is 5.92 Å². The minimum atomic E-state index is 0.0578. The van der Waals surface area contributed by atoms with Crippen LogP contribution in [0.3, 0.4) is 0 Å². The summed E-state index contributed by atoms with van der Waals surface area (Å²) >= 11 is 3.43. The Morgan fingerprint density at radius 2 is 2.32 bits per heavy atom. The zero-order chi connectivity index (χ0) is 13.8. The molecule has 1 aliphatic rings. The van der Waals surface area contributed by atoms with Crippen molar-refractivity contribution in [1.82, 2.24) is 5.32 Å². The zero-order valence-corrected chi connectivity index (χ0v) is 12.9. The van der Waals surface area contributed by atoms with Gasteiger partial charge in [-0.05, 0) is 37.6 Å². The molecule has 1 aliphatic heterocycles. The van der Waals surface area contributed by atoms with E-state index < -0.39 is 0 Å². The molecule has 5 heteroatoms. The number of carbonyl (C=O) groups excluding carboxylic acids is 1. The highest BCUT2D eigenvalue weighted by Crippen LogP contribution is 2.31. The van der Waals surface area contributed by atoms with Crippen molar-refractivity contribution >= 4 is 27.5 Å². The molecule has 0 saturated carbocycles. The maximum Gasteiger partial charge on any atom is 0.231 e. The Kier molecular flexibility index (Phi) is 4.82. The van der Waals surface area contributed by atoms with Gasteiger partial charge in [0.2, 0.25) is 5.91 Å². The Balaban J connectivity index is 2.20. The largest absolute Gasteiger partial charge is 0.495 e. The van der Waals surface area contributed by atoms with Gasteiger partial charge in [0, 0.05) is 18.1 Å². The van der Waals surface area contributed by atoms with Crippen LogP contribution in [0.15, 0.2) is 22.7 Å². The van der Waals surface area contributed by atoms with Crippen molar-refractivity contribution in [3.63, 3.8) is 0 Å². The van der Waals surface area contributed by atoms with E-state index in [9.17, 15) is 4.79 Å². The van der Waals surface area contributed by atoms with Crippen LogP contribution < -0.4 is 15.0 Å². The summed E-state index contributed by atoms with van der Waals surface area (Å²) in [6.45, 7) is 1.77. The van der Waals surface area contributed by atoms with Crippen LogP contribution in [-0.2, 0) is 4.79 Å². The minimum Gasteiger partial charge on any atom is -0.495 e. The molecule has 104 valence electrons. The summed E-state index contributed by atoms with van der Waals surface area (Å²) in [5.41, 5.74) is 0.799. The van der Waals surface area contributed by atoms with Crippen LogP contribution in [0.2, 0.25) is 0 Å². The predicted octanol–water partition coefficient (Wildman–Crippen LogP) is 2.42. The highest BCUT2D eigenvalue weighted by molar-refractivity contribution is 9.10. The standard InChI is InChI=1S/C14H19BrN2O2/c1-17(14(18)10-4-3-7-16-9-10)12-8-11(15)5-6-13(12)19-2/h5-6,8,10,16H,3-4,7,9H2,1-2H3. The third kappa shape index (κ3) is 3.28. The van der Waals surface area contributed by atoms with Gasteiger partial charge in [0.1, 0.15) is 5.75 Å². The number of nitrogens with one attached hydrogen (secondary N) is 1. The summed E-state index contributed by atoms with van der Waals surface area (Å²) in [5.74, 6) is 0.911. The van der Waals surface area contributed by atoms with Gasteiger partial charge in [0.25, 0.3) is 0 Å². The molecule has 1 N–H and O–H groups in total. The lowest BCUT2D eigenvalue weighted by Gasteiger charge is -2.28. The highest BCUT2D eigenvalue weighted by Gasteiger charge is 2.26. The predicted molar refractivity (Wildman–Crippen MR) is 79.7 cm³/mol. The maximum atomic E-state index is 12.5. The number of piperidine rings is 1. The van der Waals surface area contributed by atoms with Gasteiger partial charge >= 0.3 is 0 Å². The van der Waals surface area contributed by atoms with Crippen LogP contribution in [-0.4, -0.2) is 33.2 Å². The van der Waals surface area contributed by atoms with Gasteiger partial charge in [0.05, 0.1) is 18.7 Å². The van der Waals surface area contributed by atoms with Gasteiger partial charge in [-0.3, -0.25) is 4.79 Å². The lowest BCUT2D eigenvalue weighted by molar-refractivity contribution is -0.122. The van der Waals surface area contributed by atoms with E-state index in [1.54, 1.807) is 19.1 Å². The van der Waals surface area contributed by atoms with E-state index in [1.807, 2.05) is 18.2 Å². The first-order valence-corrected chi connectivity index (χ1v) is 7.24. The summed E-state index contributed by atoms with van der Waals surface area (Å²) in [7, 11) is 3.43. The molecule has 0 spiro atoms. The van der Waals surface area contributed by atoms with Crippen molar-refractivity contribution in [3.05, 3.63) is 22.7 Å². The van der Waals surface area contributed by atoms with Gasteiger partial charge in [-0.15, -0.1) is 0 Å². The topological polar surface area (TPSA) is 41.6 Å². The van der Waals surface area contributed by atoms with Crippen molar-refractivity contribution in [1.29, 1.82) is 0 Å². The van der Waals surface area contributed by atoms with E-state index >= 15 is 0 Å². The molecule has 1 aromatic rings. The molecule has 4 nitrogen and oxygen atoms in total. The molecule has 19 heavy (non-hydrogen) atoms. The van der Waals surface area contributed by atoms with Crippen LogP contribution in [0.5, 0.6) is 5.75 Å². The molecular weight excluding hydrogens is 308 g/mol.